The Labute approximate surface area is 152 Å². The van der Waals surface area contributed by atoms with Crippen molar-refractivity contribution in [2.75, 3.05) is 0 Å². The molecule has 0 N–H and O–H groups in total. The molecule has 2 aromatic rings. The van der Waals surface area contributed by atoms with Gasteiger partial charge >= 0.3 is 25.8 Å². The summed E-state index contributed by atoms with van der Waals surface area (Å²) in [6, 6.07) is 4.48. The molecule has 0 aliphatic carbocycles. The van der Waals surface area contributed by atoms with Crippen molar-refractivity contribution in [3.8, 4) is 0 Å². The van der Waals surface area contributed by atoms with Gasteiger partial charge < -0.3 is 14.9 Å². The van der Waals surface area contributed by atoms with Crippen LogP contribution in [0.2, 0.25) is 0 Å². The number of aryl methyl sites for hydroxylation is 4. The molecule has 1 heteroatoms. The van der Waals surface area contributed by atoms with E-state index in [-0.39, 0.29) is 40.7 Å². The van der Waals surface area contributed by atoms with Crippen LogP contribution in [0.25, 0.3) is 0 Å². The van der Waals surface area contributed by atoms with Gasteiger partial charge in [-0.15, -0.1) is 0 Å². The van der Waals surface area contributed by atoms with Crippen molar-refractivity contribution in [2.45, 2.75) is 55.4 Å². The van der Waals surface area contributed by atoms with Crippen molar-refractivity contribution in [3.05, 3.63) is 71.5 Å². The fourth-order valence-corrected chi connectivity index (χ4v) is 2.27. The zero-order valence-electron chi connectivity index (χ0n) is 15.7. The van der Waals surface area contributed by atoms with Crippen LogP contribution in [0.15, 0.2) is 12.1 Å². The van der Waals surface area contributed by atoms with Crippen LogP contribution < -0.4 is 0 Å². The first-order chi connectivity index (χ1) is 8.25. The minimum atomic E-state index is 0. The maximum atomic E-state index is 2.24. The number of rotatable bonds is 0. The summed E-state index contributed by atoms with van der Waals surface area (Å²) in [5.41, 5.74) is 11.5. The van der Waals surface area contributed by atoms with Crippen LogP contribution in [0.1, 0.15) is 44.5 Å². The zero-order chi connectivity index (χ0) is 14.0. The van der Waals surface area contributed by atoms with Gasteiger partial charge in [0, 0.05) is 0 Å². The predicted octanol–water partition coefficient (Wildman–Crippen LogP) is 6.18. The van der Waals surface area contributed by atoms with E-state index < -0.39 is 0 Å². The van der Waals surface area contributed by atoms with Crippen molar-refractivity contribution in [1.82, 2.24) is 0 Å². The minimum Gasteiger partial charge on any atom is -0.358 e. The summed E-state index contributed by atoms with van der Waals surface area (Å²) < 4.78 is 0. The molecule has 0 aliphatic heterocycles. The molecule has 0 atom stereocenters. The summed E-state index contributed by atoms with van der Waals surface area (Å²) in [4.78, 5) is 0. The molecule has 2 aromatic carbocycles. The van der Waals surface area contributed by atoms with Crippen molar-refractivity contribution in [3.63, 3.8) is 0 Å². The fraction of sp³-hybridized carbons (Fsp3) is 0.400. The first kappa shape index (κ1) is 25.5. The Hall–Kier alpha value is -0.430. The Bertz CT molecular complexity index is 443. The van der Waals surface area contributed by atoms with Gasteiger partial charge in [0.25, 0.3) is 0 Å². The molecular weight excluding hydrogens is 419 g/mol. The quantitative estimate of drug-likeness (QED) is 0.332. The second kappa shape index (κ2) is 10.3. The van der Waals surface area contributed by atoms with E-state index >= 15 is 0 Å². The zero-order valence-corrected chi connectivity index (χ0v) is 19.2. The Kier molecular flexibility index (Phi) is 12.5. The maximum Gasteiger partial charge on any atom is 4.00 e. The molecule has 116 valence electrons. The maximum absolute atomic E-state index is 2.24. The minimum absolute atomic E-state index is 0. The van der Waals surface area contributed by atoms with Crippen LogP contribution in [0.4, 0.5) is 0 Å². The van der Waals surface area contributed by atoms with E-state index in [4.69, 9.17) is 0 Å². The molecule has 0 spiro atoms. The molecule has 0 nitrogen and oxygen atoms in total. The third kappa shape index (κ3) is 6.06. The SMILES string of the molecule is Cc1c[c-](C)c(C)c1C.Cc1c[c-](C)c(C)c1C.[CH3-].[CH3-].[Hf+4]. The Morgan fingerprint density at radius 2 is 0.857 bits per heavy atom. The van der Waals surface area contributed by atoms with Gasteiger partial charge in [0.2, 0.25) is 0 Å². The molecule has 0 aliphatic rings. The molecule has 0 aromatic heterocycles. The summed E-state index contributed by atoms with van der Waals surface area (Å²) in [5.74, 6) is 0. The average molecular weight is 451 g/mol. The number of hydrogen-bond donors (Lipinski definition) is 0. The van der Waals surface area contributed by atoms with E-state index in [1.807, 2.05) is 0 Å². The standard InChI is InChI=1S/2C9H13.2CH3.Hf/c2*1-6-5-7(2)9(4)8(6)3;;;/h2*5H,1-4H3;2*1H3;/q4*-1;+4. The van der Waals surface area contributed by atoms with Gasteiger partial charge in [-0.05, 0) is 0 Å². The van der Waals surface area contributed by atoms with Gasteiger partial charge in [-0.2, -0.15) is 56.6 Å². The van der Waals surface area contributed by atoms with Crippen LogP contribution in [0.5, 0.6) is 0 Å². The molecule has 0 heterocycles. The van der Waals surface area contributed by atoms with Crippen molar-refractivity contribution in [1.29, 1.82) is 0 Å². The first-order valence-corrected chi connectivity index (χ1v) is 6.65. The average Bonchev–Trinajstić information content (AvgIpc) is 2.66. The van der Waals surface area contributed by atoms with Gasteiger partial charge in [-0.3, -0.25) is 0 Å². The summed E-state index contributed by atoms with van der Waals surface area (Å²) in [6.07, 6.45) is 0. The van der Waals surface area contributed by atoms with E-state index in [0.29, 0.717) is 0 Å². The molecule has 0 radical (unpaired) electrons. The topological polar surface area (TPSA) is 0 Å². The van der Waals surface area contributed by atoms with E-state index in [9.17, 15) is 0 Å². The molecule has 0 amide bonds. The normalized spacial score (nSPS) is 8.76. The largest absolute Gasteiger partial charge is 4.00 e. The Morgan fingerprint density at radius 1 is 0.619 bits per heavy atom. The second-order valence-corrected chi connectivity index (χ2v) is 5.52. The third-order valence-corrected chi connectivity index (χ3v) is 4.36. The Morgan fingerprint density at radius 3 is 0.905 bits per heavy atom. The third-order valence-electron chi connectivity index (χ3n) is 4.36. The van der Waals surface area contributed by atoms with Crippen LogP contribution in [-0.4, -0.2) is 0 Å². The van der Waals surface area contributed by atoms with Gasteiger partial charge in [0.1, 0.15) is 0 Å². The fourth-order valence-electron chi connectivity index (χ4n) is 2.27. The van der Waals surface area contributed by atoms with Gasteiger partial charge in [-0.25, -0.2) is 0 Å². The Balaban J connectivity index is -0.000000270. The van der Waals surface area contributed by atoms with Gasteiger partial charge in [-0.1, -0.05) is 55.4 Å². The first-order valence-electron chi connectivity index (χ1n) is 6.65. The van der Waals surface area contributed by atoms with E-state index in [2.05, 4.69) is 67.5 Å². The molecule has 0 unspecified atom stereocenters. The second-order valence-electron chi connectivity index (χ2n) is 5.52. The molecule has 0 bridgehead atoms. The summed E-state index contributed by atoms with van der Waals surface area (Å²) in [6.45, 7) is 17.4. The molecule has 0 saturated carbocycles. The van der Waals surface area contributed by atoms with E-state index in [0.717, 1.165) is 0 Å². The predicted molar refractivity (Wildman–Crippen MR) is 94.8 cm³/mol. The van der Waals surface area contributed by atoms with Crippen LogP contribution >= 0.6 is 0 Å². The summed E-state index contributed by atoms with van der Waals surface area (Å²) in [7, 11) is 0. The van der Waals surface area contributed by atoms with Gasteiger partial charge in [0.05, 0.1) is 0 Å². The molecule has 0 fully saturated rings. The van der Waals surface area contributed by atoms with Crippen LogP contribution in [-0.2, 0) is 25.8 Å². The van der Waals surface area contributed by atoms with Crippen molar-refractivity contribution >= 4 is 0 Å². The van der Waals surface area contributed by atoms with Crippen LogP contribution in [0, 0.1) is 70.2 Å². The van der Waals surface area contributed by atoms with Crippen molar-refractivity contribution < 1.29 is 25.8 Å². The summed E-state index contributed by atoms with van der Waals surface area (Å²) in [5, 5.41) is 0. The molecule has 2 rings (SSSR count). The molecular formula is C20H32Hf. The van der Waals surface area contributed by atoms with Crippen LogP contribution in [0.3, 0.4) is 0 Å². The molecule has 0 saturated heterocycles. The summed E-state index contributed by atoms with van der Waals surface area (Å²) >= 11 is 0. The number of hydrogen-bond acceptors (Lipinski definition) is 0. The monoisotopic (exact) mass is 452 g/mol. The van der Waals surface area contributed by atoms with Gasteiger partial charge in [0.15, 0.2) is 0 Å². The molecule has 21 heavy (non-hydrogen) atoms. The van der Waals surface area contributed by atoms with Crippen molar-refractivity contribution in [2.24, 2.45) is 0 Å². The van der Waals surface area contributed by atoms with E-state index in [1.165, 1.54) is 44.5 Å². The van der Waals surface area contributed by atoms with E-state index in [1.54, 1.807) is 0 Å². The smallest absolute Gasteiger partial charge is 0.358 e.